The van der Waals surface area contributed by atoms with Gasteiger partial charge in [0.2, 0.25) is 6.36 Å². The van der Waals surface area contributed by atoms with Gasteiger partial charge in [-0.15, -0.1) is 0 Å². The lowest BCUT2D eigenvalue weighted by atomic mass is 10.8. The fraction of sp³-hybridized carbons (Fsp3) is 1.00. The highest BCUT2D eigenvalue weighted by Gasteiger charge is 2.20. The minimum Gasteiger partial charge on any atom is -0.303 e. The second-order valence-corrected chi connectivity index (χ2v) is 3.00. The van der Waals surface area contributed by atoms with Crippen molar-refractivity contribution in [3.8, 4) is 0 Å². The van der Waals surface area contributed by atoms with Crippen LogP contribution in [0.2, 0.25) is 0 Å². The molecule has 0 fully saturated rings. The number of phosphoric ester groups is 1. The largest absolute Gasteiger partial charge is 0.472 e. The molecule has 0 amide bonds. The monoisotopic (exact) mass is 222 g/mol. The fourth-order valence-electron chi connectivity index (χ4n) is 0.177. The van der Waals surface area contributed by atoms with Gasteiger partial charge in [0.1, 0.15) is 0 Å². The molecule has 0 aliphatic rings. The third-order valence-electron chi connectivity index (χ3n) is 0.373. The molecule has 9 heavy (non-hydrogen) atoms. The Labute approximate surface area is 59.4 Å². The van der Waals surface area contributed by atoms with Crippen LogP contribution in [-0.2, 0) is 9.09 Å². The van der Waals surface area contributed by atoms with Crippen molar-refractivity contribution in [3.63, 3.8) is 0 Å². The Hall–Kier alpha value is 0.520. The van der Waals surface area contributed by atoms with Gasteiger partial charge < -0.3 is 9.79 Å². The standard InChI is InChI=1S/C2H5BrFO4P/c3-1-2(4)8-9(5,6)7/h2H,1H2,(H2,5,6,7). The molecule has 1 atom stereocenters. The Bertz CT molecular complexity index is 124. The van der Waals surface area contributed by atoms with Crippen LogP contribution in [0.4, 0.5) is 4.39 Å². The van der Waals surface area contributed by atoms with Crippen LogP contribution in [0.25, 0.3) is 0 Å². The molecule has 4 nitrogen and oxygen atoms in total. The molecule has 2 N–H and O–H groups in total. The fourth-order valence-corrected chi connectivity index (χ4v) is 0.886. The lowest BCUT2D eigenvalue weighted by Crippen LogP contribution is -2.04. The van der Waals surface area contributed by atoms with Crippen LogP contribution in [-0.4, -0.2) is 21.5 Å². The van der Waals surface area contributed by atoms with Crippen LogP contribution in [0, 0.1) is 0 Å². The van der Waals surface area contributed by atoms with Crippen LogP contribution in [0.5, 0.6) is 0 Å². The maximum atomic E-state index is 11.9. The van der Waals surface area contributed by atoms with Crippen molar-refractivity contribution in [3.05, 3.63) is 0 Å². The molecule has 56 valence electrons. The van der Waals surface area contributed by atoms with E-state index >= 15 is 0 Å². The van der Waals surface area contributed by atoms with Crippen molar-refractivity contribution in [1.82, 2.24) is 0 Å². The highest BCUT2D eigenvalue weighted by atomic mass is 79.9. The molecule has 1 unspecified atom stereocenters. The highest BCUT2D eigenvalue weighted by molar-refractivity contribution is 9.09. The van der Waals surface area contributed by atoms with Crippen molar-refractivity contribution in [2.24, 2.45) is 0 Å². The summed E-state index contributed by atoms with van der Waals surface area (Å²) in [4.78, 5) is 15.9. The van der Waals surface area contributed by atoms with Gasteiger partial charge in [0, 0.05) is 0 Å². The van der Waals surface area contributed by atoms with Crippen molar-refractivity contribution < 1.29 is 23.3 Å². The molecule has 0 heterocycles. The van der Waals surface area contributed by atoms with Crippen LogP contribution >= 0.6 is 23.8 Å². The van der Waals surface area contributed by atoms with Gasteiger partial charge in [0.05, 0.1) is 5.33 Å². The third-order valence-corrected chi connectivity index (χ3v) is 1.39. The summed E-state index contributed by atoms with van der Waals surface area (Å²) in [6, 6.07) is 0. The lowest BCUT2D eigenvalue weighted by Gasteiger charge is -2.05. The molecule has 0 aromatic rings. The molecular weight excluding hydrogens is 218 g/mol. The summed E-state index contributed by atoms with van der Waals surface area (Å²) in [6.07, 6.45) is -1.95. The van der Waals surface area contributed by atoms with Crippen molar-refractivity contribution in [2.75, 3.05) is 5.33 Å². The first kappa shape index (κ1) is 9.52. The Morgan fingerprint density at radius 3 is 2.33 bits per heavy atom. The van der Waals surface area contributed by atoms with Crippen LogP contribution in [0.15, 0.2) is 0 Å². The summed E-state index contributed by atoms with van der Waals surface area (Å²) in [5, 5.41) is -0.252. The van der Waals surface area contributed by atoms with E-state index in [1.165, 1.54) is 0 Å². The molecule has 0 aliphatic carbocycles. The molecule has 0 saturated heterocycles. The van der Waals surface area contributed by atoms with E-state index < -0.39 is 14.2 Å². The zero-order valence-electron chi connectivity index (χ0n) is 4.20. The molecule has 0 spiro atoms. The summed E-state index contributed by atoms with van der Waals surface area (Å²) < 4.78 is 25.2. The first-order valence-electron chi connectivity index (χ1n) is 1.89. The Balaban J connectivity index is 3.60. The lowest BCUT2D eigenvalue weighted by molar-refractivity contribution is 0.0554. The maximum Gasteiger partial charge on any atom is 0.472 e. The van der Waals surface area contributed by atoms with Gasteiger partial charge in [-0.25, -0.2) is 8.96 Å². The average molecular weight is 223 g/mol. The van der Waals surface area contributed by atoms with E-state index in [2.05, 4.69) is 20.5 Å². The molecule has 0 bridgehead atoms. The minimum absolute atomic E-state index is 0.252. The van der Waals surface area contributed by atoms with E-state index in [1.807, 2.05) is 0 Å². The predicted molar refractivity (Wildman–Crippen MR) is 31.8 cm³/mol. The number of hydrogen-bond donors (Lipinski definition) is 2. The van der Waals surface area contributed by atoms with Crippen molar-refractivity contribution in [2.45, 2.75) is 6.36 Å². The molecular formula is C2H5BrFO4P. The molecule has 0 aliphatic heterocycles. The van der Waals surface area contributed by atoms with E-state index in [9.17, 15) is 8.96 Å². The molecule has 0 aromatic heterocycles. The Morgan fingerprint density at radius 1 is 1.78 bits per heavy atom. The minimum atomic E-state index is -4.64. The number of rotatable bonds is 3. The van der Waals surface area contributed by atoms with Gasteiger partial charge >= 0.3 is 7.82 Å². The maximum absolute atomic E-state index is 11.9. The molecule has 0 saturated carbocycles. The van der Waals surface area contributed by atoms with Crippen LogP contribution < -0.4 is 0 Å². The number of phosphoric acid groups is 1. The van der Waals surface area contributed by atoms with Crippen molar-refractivity contribution in [1.29, 1.82) is 0 Å². The molecule has 0 aromatic carbocycles. The van der Waals surface area contributed by atoms with Gasteiger partial charge in [-0.2, -0.15) is 0 Å². The number of alkyl halides is 2. The van der Waals surface area contributed by atoms with E-state index in [0.717, 1.165) is 0 Å². The zero-order valence-corrected chi connectivity index (χ0v) is 6.68. The first-order chi connectivity index (χ1) is 3.95. The van der Waals surface area contributed by atoms with Crippen molar-refractivity contribution >= 4 is 23.8 Å². The van der Waals surface area contributed by atoms with Crippen LogP contribution in [0.3, 0.4) is 0 Å². The number of halogens is 2. The second-order valence-electron chi connectivity index (χ2n) is 1.16. The summed E-state index contributed by atoms with van der Waals surface area (Å²) in [7, 11) is -4.64. The predicted octanol–water partition coefficient (Wildman–Crippen LogP) is 0.786. The van der Waals surface area contributed by atoms with E-state index in [-0.39, 0.29) is 5.33 Å². The van der Waals surface area contributed by atoms with E-state index in [1.54, 1.807) is 0 Å². The quantitative estimate of drug-likeness (QED) is 0.548. The van der Waals surface area contributed by atoms with Gasteiger partial charge in [-0.1, -0.05) is 15.9 Å². The van der Waals surface area contributed by atoms with Gasteiger partial charge in [0.15, 0.2) is 0 Å². The van der Waals surface area contributed by atoms with E-state index in [0.29, 0.717) is 0 Å². The average Bonchev–Trinajstić information content (AvgIpc) is 1.62. The normalized spacial score (nSPS) is 15.6. The number of hydrogen-bond acceptors (Lipinski definition) is 2. The van der Waals surface area contributed by atoms with Gasteiger partial charge in [-0.05, 0) is 0 Å². The van der Waals surface area contributed by atoms with Gasteiger partial charge in [0.25, 0.3) is 0 Å². The SMILES string of the molecule is O=P(O)(O)OC(F)CBr. The highest BCUT2D eigenvalue weighted by Crippen LogP contribution is 2.37. The third kappa shape index (κ3) is 6.40. The second kappa shape index (κ2) is 3.63. The summed E-state index contributed by atoms with van der Waals surface area (Å²) in [5.41, 5.74) is 0. The summed E-state index contributed by atoms with van der Waals surface area (Å²) in [6.45, 7) is 0. The van der Waals surface area contributed by atoms with Crippen LogP contribution in [0.1, 0.15) is 0 Å². The van der Waals surface area contributed by atoms with Gasteiger partial charge in [-0.3, -0.25) is 4.52 Å². The molecule has 0 radical (unpaired) electrons. The Kier molecular flexibility index (Phi) is 3.84. The smallest absolute Gasteiger partial charge is 0.303 e. The summed E-state index contributed by atoms with van der Waals surface area (Å²) >= 11 is 2.62. The molecule has 0 rings (SSSR count). The Morgan fingerprint density at radius 2 is 2.22 bits per heavy atom. The molecule has 7 heteroatoms. The zero-order chi connectivity index (χ0) is 7.49. The van der Waals surface area contributed by atoms with E-state index in [4.69, 9.17) is 9.79 Å². The topological polar surface area (TPSA) is 66.8 Å². The first-order valence-corrected chi connectivity index (χ1v) is 4.55. The summed E-state index contributed by atoms with van der Waals surface area (Å²) in [5.74, 6) is 0.